The standard InChI is InChI=1S/C18H26N2O3S/c19-13-14-4-1-2-8-20(14)18(21)7-11-24-15-5-6-16-17(12-15)23-10-3-9-22-16/h5-6,12,14H,1-4,7-11,13,19H2. The quantitative estimate of drug-likeness (QED) is 0.827. The molecule has 24 heavy (non-hydrogen) atoms. The van der Waals surface area contributed by atoms with Gasteiger partial charge in [-0.1, -0.05) is 0 Å². The van der Waals surface area contributed by atoms with Crippen LogP contribution >= 0.6 is 11.8 Å². The van der Waals surface area contributed by atoms with Crippen LogP contribution in [0.25, 0.3) is 0 Å². The number of likely N-dealkylation sites (tertiary alicyclic amines) is 1. The van der Waals surface area contributed by atoms with E-state index in [2.05, 4.69) is 0 Å². The lowest BCUT2D eigenvalue weighted by atomic mass is 10.0. The number of carbonyl (C=O) groups excluding carboxylic acids is 1. The van der Waals surface area contributed by atoms with Gasteiger partial charge in [0.25, 0.3) is 0 Å². The van der Waals surface area contributed by atoms with E-state index in [1.807, 2.05) is 23.1 Å². The summed E-state index contributed by atoms with van der Waals surface area (Å²) in [7, 11) is 0. The second-order valence-electron chi connectivity index (χ2n) is 6.23. The molecule has 0 saturated carbocycles. The zero-order valence-corrected chi connectivity index (χ0v) is 14.9. The Bertz CT molecular complexity index is 567. The maximum atomic E-state index is 12.4. The number of nitrogens with two attached hydrogens (primary N) is 1. The van der Waals surface area contributed by atoms with E-state index in [0.717, 1.165) is 48.0 Å². The van der Waals surface area contributed by atoms with E-state index < -0.39 is 0 Å². The van der Waals surface area contributed by atoms with Gasteiger partial charge in [0.15, 0.2) is 11.5 Å². The van der Waals surface area contributed by atoms with Crippen LogP contribution < -0.4 is 15.2 Å². The number of nitrogens with zero attached hydrogens (tertiary/aromatic N) is 1. The summed E-state index contributed by atoms with van der Waals surface area (Å²) in [6.07, 6.45) is 4.77. The van der Waals surface area contributed by atoms with Crippen molar-refractivity contribution in [1.29, 1.82) is 0 Å². The Morgan fingerprint density at radius 3 is 2.88 bits per heavy atom. The van der Waals surface area contributed by atoms with Gasteiger partial charge in [0.2, 0.25) is 5.91 Å². The predicted molar refractivity (Wildman–Crippen MR) is 95.8 cm³/mol. The van der Waals surface area contributed by atoms with Gasteiger partial charge in [-0.2, -0.15) is 0 Å². The SMILES string of the molecule is NCC1CCCCN1C(=O)CCSc1ccc2c(c1)OCCCO2. The van der Waals surface area contributed by atoms with Crippen LogP contribution in [0.3, 0.4) is 0 Å². The highest BCUT2D eigenvalue weighted by Crippen LogP contribution is 2.34. The van der Waals surface area contributed by atoms with Crippen LogP contribution in [0.1, 0.15) is 32.1 Å². The minimum Gasteiger partial charge on any atom is -0.490 e. The summed E-state index contributed by atoms with van der Waals surface area (Å²) in [5.41, 5.74) is 5.80. The summed E-state index contributed by atoms with van der Waals surface area (Å²) in [4.78, 5) is 15.5. The number of rotatable bonds is 5. The molecule has 2 N–H and O–H groups in total. The molecular weight excluding hydrogens is 324 g/mol. The molecule has 1 saturated heterocycles. The van der Waals surface area contributed by atoms with Gasteiger partial charge in [-0.25, -0.2) is 0 Å². The molecule has 0 aliphatic carbocycles. The largest absolute Gasteiger partial charge is 0.490 e. The Kier molecular flexibility index (Phi) is 6.26. The Balaban J connectivity index is 1.51. The molecule has 2 heterocycles. The van der Waals surface area contributed by atoms with Crippen LogP contribution in [-0.2, 0) is 4.79 Å². The smallest absolute Gasteiger partial charge is 0.223 e. The van der Waals surface area contributed by atoms with Gasteiger partial charge >= 0.3 is 0 Å². The van der Waals surface area contributed by atoms with Crippen molar-refractivity contribution in [1.82, 2.24) is 4.90 Å². The minimum absolute atomic E-state index is 0.229. The molecule has 0 bridgehead atoms. The van der Waals surface area contributed by atoms with Gasteiger partial charge in [-0.15, -0.1) is 11.8 Å². The first kappa shape index (κ1) is 17.4. The lowest BCUT2D eigenvalue weighted by molar-refractivity contribution is -0.134. The normalized spacial score (nSPS) is 20.5. The highest BCUT2D eigenvalue weighted by Gasteiger charge is 2.25. The minimum atomic E-state index is 0.229. The third-order valence-corrected chi connectivity index (χ3v) is 5.52. The second kappa shape index (κ2) is 8.62. The molecule has 3 rings (SSSR count). The van der Waals surface area contributed by atoms with Crippen molar-refractivity contribution in [3.05, 3.63) is 18.2 Å². The van der Waals surface area contributed by atoms with E-state index in [1.165, 1.54) is 6.42 Å². The molecule has 1 aromatic rings. The number of thioether (sulfide) groups is 1. The first-order valence-corrected chi connectivity index (χ1v) is 9.78. The molecular formula is C18H26N2O3S. The van der Waals surface area contributed by atoms with Crippen molar-refractivity contribution in [2.24, 2.45) is 5.73 Å². The van der Waals surface area contributed by atoms with E-state index in [4.69, 9.17) is 15.2 Å². The molecule has 5 nitrogen and oxygen atoms in total. The molecule has 1 fully saturated rings. The number of fused-ring (bicyclic) bond motifs is 1. The van der Waals surface area contributed by atoms with E-state index in [0.29, 0.717) is 26.2 Å². The molecule has 1 atom stereocenters. The fraction of sp³-hybridized carbons (Fsp3) is 0.611. The fourth-order valence-corrected chi connectivity index (χ4v) is 4.07. The Labute approximate surface area is 147 Å². The van der Waals surface area contributed by atoms with Gasteiger partial charge < -0.3 is 20.1 Å². The van der Waals surface area contributed by atoms with Gasteiger partial charge in [0.05, 0.1) is 13.2 Å². The van der Waals surface area contributed by atoms with Crippen molar-refractivity contribution in [2.75, 3.05) is 32.1 Å². The summed E-state index contributed by atoms with van der Waals surface area (Å²) >= 11 is 1.69. The maximum absolute atomic E-state index is 12.4. The van der Waals surface area contributed by atoms with Gasteiger partial charge in [-0.05, 0) is 37.5 Å². The fourth-order valence-electron chi connectivity index (χ4n) is 3.21. The molecule has 132 valence electrons. The molecule has 1 amide bonds. The first-order chi connectivity index (χ1) is 11.8. The van der Waals surface area contributed by atoms with Gasteiger partial charge in [0.1, 0.15) is 0 Å². The number of hydrogen-bond acceptors (Lipinski definition) is 5. The molecule has 1 unspecified atom stereocenters. The van der Waals surface area contributed by atoms with E-state index in [9.17, 15) is 4.79 Å². The molecule has 2 aliphatic rings. The first-order valence-electron chi connectivity index (χ1n) is 8.80. The molecule has 6 heteroatoms. The Hall–Kier alpha value is -1.40. The van der Waals surface area contributed by atoms with E-state index >= 15 is 0 Å². The number of ether oxygens (including phenoxy) is 2. The molecule has 1 aromatic carbocycles. The van der Waals surface area contributed by atoms with Crippen LogP contribution in [0.2, 0.25) is 0 Å². The number of hydrogen-bond donors (Lipinski definition) is 1. The third kappa shape index (κ3) is 4.36. The van der Waals surface area contributed by atoms with Crippen LogP contribution in [0.4, 0.5) is 0 Å². The number of carbonyl (C=O) groups is 1. The average molecular weight is 350 g/mol. The van der Waals surface area contributed by atoms with Crippen molar-refractivity contribution in [3.8, 4) is 11.5 Å². The second-order valence-corrected chi connectivity index (χ2v) is 7.40. The van der Waals surface area contributed by atoms with Crippen molar-refractivity contribution in [2.45, 2.75) is 43.0 Å². The molecule has 0 radical (unpaired) electrons. The molecule has 0 spiro atoms. The highest BCUT2D eigenvalue weighted by atomic mass is 32.2. The lowest BCUT2D eigenvalue weighted by Gasteiger charge is -2.35. The Morgan fingerprint density at radius 2 is 2.04 bits per heavy atom. The van der Waals surface area contributed by atoms with Crippen LogP contribution in [0, 0.1) is 0 Å². The zero-order valence-electron chi connectivity index (χ0n) is 14.0. The summed E-state index contributed by atoms with van der Waals surface area (Å²) in [5.74, 6) is 2.62. The summed E-state index contributed by atoms with van der Waals surface area (Å²) in [6.45, 7) is 2.82. The Morgan fingerprint density at radius 1 is 1.21 bits per heavy atom. The van der Waals surface area contributed by atoms with E-state index in [1.54, 1.807) is 11.8 Å². The van der Waals surface area contributed by atoms with Crippen LogP contribution in [0.5, 0.6) is 11.5 Å². The maximum Gasteiger partial charge on any atom is 0.223 e. The van der Waals surface area contributed by atoms with Crippen LogP contribution in [0.15, 0.2) is 23.1 Å². The van der Waals surface area contributed by atoms with Crippen molar-refractivity contribution < 1.29 is 14.3 Å². The average Bonchev–Trinajstić information content (AvgIpc) is 2.86. The number of piperidine rings is 1. The van der Waals surface area contributed by atoms with Crippen molar-refractivity contribution >= 4 is 17.7 Å². The summed E-state index contributed by atoms with van der Waals surface area (Å²) < 4.78 is 11.4. The lowest BCUT2D eigenvalue weighted by Crippen LogP contribution is -2.47. The summed E-state index contributed by atoms with van der Waals surface area (Å²) in [6, 6.07) is 6.24. The number of benzene rings is 1. The third-order valence-electron chi connectivity index (χ3n) is 4.52. The van der Waals surface area contributed by atoms with Crippen molar-refractivity contribution in [3.63, 3.8) is 0 Å². The predicted octanol–water partition coefficient (Wildman–Crippen LogP) is 2.67. The van der Waals surface area contributed by atoms with E-state index in [-0.39, 0.29) is 11.9 Å². The summed E-state index contributed by atoms with van der Waals surface area (Å²) in [5, 5.41) is 0. The topological polar surface area (TPSA) is 64.8 Å². The zero-order chi connectivity index (χ0) is 16.8. The van der Waals surface area contributed by atoms with Gasteiger partial charge in [0, 0.05) is 42.6 Å². The van der Waals surface area contributed by atoms with Crippen LogP contribution in [-0.4, -0.2) is 48.9 Å². The molecule has 2 aliphatic heterocycles. The van der Waals surface area contributed by atoms with Gasteiger partial charge in [-0.3, -0.25) is 4.79 Å². The monoisotopic (exact) mass is 350 g/mol. The highest BCUT2D eigenvalue weighted by molar-refractivity contribution is 7.99. The number of amides is 1. The molecule has 0 aromatic heterocycles.